The Hall–Kier alpha value is -2.80. The van der Waals surface area contributed by atoms with Crippen molar-refractivity contribution in [2.24, 2.45) is 5.73 Å². The van der Waals surface area contributed by atoms with Crippen molar-refractivity contribution < 1.29 is 9.53 Å². The highest BCUT2D eigenvalue weighted by Crippen LogP contribution is 2.34. The molecule has 1 heterocycles. The molecule has 3 aromatic rings. The van der Waals surface area contributed by atoms with E-state index in [0.29, 0.717) is 28.9 Å². The zero-order chi connectivity index (χ0) is 25.5. The van der Waals surface area contributed by atoms with E-state index in [1.54, 1.807) is 18.9 Å². The minimum Gasteiger partial charge on any atom is -0.495 e. The summed E-state index contributed by atoms with van der Waals surface area (Å²) < 4.78 is 7.57. The van der Waals surface area contributed by atoms with Crippen LogP contribution in [0, 0.1) is 5.41 Å². The van der Waals surface area contributed by atoms with Gasteiger partial charge in [-0.1, -0.05) is 67.6 Å². The summed E-state index contributed by atoms with van der Waals surface area (Å²) in [5.74, 6) is 1.06. The number of aromatic nitrogens is 1. The van der Waals surface area contributed by atoms with Gasteiger partial charge in [0.1, 0.15) is 12.5 Å². The van der Waals surface area contributed by atoms with Crippen molar-refractivity contribution in [3.05, 3.63) is 82.9 Å². The summed E-state index contributed by atoms with van der Waals surface area (Å²) in [5.41, 5.74) is 7.29. The van der Waals surface area contributed by atoms with Crippen LogP contribution in [0.4, 0.5) is 0 Å². The summed E-state index contributed by atoms with van der Waals surface area (Å²) in [4.78, 5) is 9.20. The predicted octanol–water partition coefficient (Wildman–Crippen LogP) is 7.09. The summed E-state index contributed by atoms with van der Waals surface area (Å²) >= 11 is 8.05. The molecule has 7 heteroatoms. The molecule has 1 atom stereocenters. The zero-order valence-electron chi connectivity index (χ0n) is 20.3. The average molecular weight is 500 g/mol. The van der Waals surface area contributed by atoms with Crippen LogP contribution in [0.25, 0.3) is 10.9 Å². The number of benzene rings is 2. The maximum atomic E-state index is 8.46. The number of thioether (sulfide) groups is 1. The normalized spacial score (nSPS) is 11.6. The van der Waals surface area contributed by atoms with Gasteiger partial charge in [-0.05, 0) is 61.2 Å². The summed E-state index contributed by atoms with van der Waals surface area (Å²) in [6, 6.07) is 16.3. The van der Waals surface area contributed by atoms with Crippen LogP contribution in [-0.2, 0) is 11.3 Å². The number of fused-ring (bicyclic) bond motifs is 1. The van der Waals surface area contributed by atoms with E-state index >= 15 is 0 Å². The summed E-state index contributed by atoms with van der Waals surface area (Å²) in [5, 5.41) is 12.2. The van der Waals surface area contributed by atoms with Gasteiger partial charge in [-0.25, -0.2) is 0 Å². The predicted molar refractivity (Wildman–Crippen MR) is 148 cm³/mol. The standard InChI is InChI=1S/C25H27ClN2OS.CH5N.CH2O/c1-4-18(2)23-14-19-15-25(29-3)22(26)16-24(19)28(23)17-20(27)10-8-9-13-30-21-11-6-5-7-12-21;2*1-2/h5-16,18,27H,4,17H2,1-3H3;2H2,1H3;1H2/b10-8-,13-9+,27-20?;;. The van der Waals surface area contributed by atoms with Gasteiger partial charge in [-0.2, -0.15) is 0 Å². The lowest BCUT2D eigenvalue weighted by Gasteiger charge is -2.15. The van der Waals surface area contributed by atoms with E-state index in [4.69, 9.17) is 26.5 Å². The number of allylic oxidation sites excluding steroid dienone is 3. The van der Waals surface area contributed by atoms with Crippen molar-refractivity contribution in [1.82, 2.24) is 4.57 Å². The number of hydrogen-bond donors (Lipinski definition) is 2. The fraction of sp³-hybridized carbons (Fsp3) is 0.259. The second-order valence-electron chi connectivity index (χ2n) is 7.15. The molecule has 0 fully saturated rings. The van der Waals surface area contributed by atoms with Crippen molar-refractivity contribution in [3.8, 4) is 5.75 Å². The largest absolute Gasteiger partial charge is 0.495 e. The van der Waals surface area contributed by atoms with Gasteiger partial charge in [0.25, 0.3) is 0 Å². The van der Waals surface area contributed by atoms with E-state index in [2.05, 4.69) is 42.3 Å². The van der Waals surface area contributed by atoms with E-state index in [9.17, 15) is 0 Å². The number of hydrogen-bond acceptors (Lipinski definition) is 5. The number of carbonyl (C=O) groups excluding carboxylic acids is 1. The number of nitrogens with one attached hydrogen (secondary N) is 1. The van der Waals surface area contributed by atoms with Gasteiger partial charge in [0, 0.05) is 16.0 Å². The van der Waals surface area contributed by atoms with E-state index in [1.165, 1.54) is 17.6 Å². The highest BCUT2D eigenvalue weighted by molar-refractivity contribution is 8.02. The number of ether oxygens (including phenoxy) is 1. The molecule has 0 saturated heterocycles. The third kappa shape index (κ3) is 8.20. The van der Waals surface area contributed by atoms with E-state index in [0.717, 1.165) is 17.3 Å². The fourth-order valence-corrected chi connectivity index (χ4v) is 4.17. The molecule has 1 aromatic heterocycles. The fourth-order valence-electron chi connectivity index (χ4n) is 3.29. The Bertz CT molecular complexity index is 1090. The molecule has 5 nitrogen and oxygen atoms in total. The average Bonchev–Trinajstić information content (AvgIpc) is 3.22. The van der Waals surface area contributed by atoms with Crippen molar-refractivity contribution >= 4 is 46.8 Å². The minimum atomic E-state index is 0.390. The van der Waals surface area contributed by atoms with Gasteiger partial charge in [0.05, 0.1) is 29.9 Å². The van der Waals surface area contributed by atoms with Crippen LogP contribution in [0.5, 0.6) is 5.75 Å². The Balaban J connectivity index is 0.00000137. The first-order chi connectivity index (χ1) is 16.5. The van der Waals surface area contributed by atoms with Crippen molar-refractivity contribution in [3.63, 3.8) is 0 Å². The molecule has 0 radical (unpaired) electrons. The van der Waals surface area contributed by atoms with Crippen LogP contribution < -0.4 is 10.5 Å². The summed E-state index contributed by atoms with van der Waals surface area (Å²) in [6.45, 7) is 6.90. The molecule has 0 aliphatic heterocycles. The summed E-state index contributed by atoms with van der Waals surface area (Å²) in [7, 11) is 3.13. The van der Waals surface area contributed by atoms with Gasteiger partial charge in [-0.3, -0.25) is 0 Å². The number of halogens is 1. The lowest BCUT2D eigenvalue weighted by atomic mass is 10.0. The first kappa shape index (κ1) is 29.2. The summed E-state index contributed by atoms with van der Waals surface area (Å²) in [6.07, 6.45) is 6.77. The van der Waals surface area contributed by atoms with Crippen LogP contribution in [-0.4, -0.2) is 31.2 Å². The topological polar surface area (TPSA) is 81.1 Å². The molecule has 3 rings (SSSR count). The van der Waals surface area contributed by atoms with Gasteiger partial charge >= 0.3 is 0 Å². The SMILES string of the molecule is C=O.CCC(C)c1cc2cc(OC)c(Cl)cc2n1CC(=N)/C=C\C=C\Sc1ccccc1.CN. The second-order valence-corrected chi connectivity index (χ2v) is 8.54. The molecule has 0 amide bonds. The van der Waals surface area contributed by atoms with Gasteiger partial charge < -0.3 is 25.2 Å². The van der Waals surface area contributed by atoms with Crippen molar-refractivity contribution in [2.45, 2.75) is 37.6 Å². The highest BCUT2D eigenvalue weighted by Gasteiger charge is 2.16. The van der Waals surface area contributed by atoms with Crippen LogP contribution in [0.3, 0.4) is 0 Å². The molecule has 0 spiro atoms. The smallest absolute Gasteiger partial charge is 0.138 e. The monoisotopic (exact) mass is 499 g/mol. The third-order valence-electron chi connectivity index (χ3n) is 5.09. The lowest BCUT2D eigenvalue weighted by Crippen LogP contribution is -2.11. The highest BCUT2D eigenvalue weighted by atomic mass is 35.5. The molecule has 0 aliphatic rings. The molecular formula is C27H34ClN3O2S. The van der Waals surface area contributed by atoms with Crippen LogP contribution in [0.1, 0.15) is 31.9 Å². The number of carbonyl (C=O) groups is 1. The van der Waals surface area contributed by atoms with Crippen LogP contribution >= 0.6 is 23.4 Å². The maximum absolute atomic E-state index is 8.46. The first-order valence-corrected chi connectivity index (χ1v) is 12.1. The quantitative estimate of drug-likeness (QED) is 0.187. The molecule has 34 heavy (non-hydrogen) atoms. The van der Waals surface area contributed by atoms with Crippen LogP contribution in [0.2, 0.25) is 5.02 Å². The van der Waals surface area contributed by atoms with E-state index < -0.39 is 0 Å². The number of rotatable bonds is 9. The molecule has 3 N–H and O–H groups in total. The Labute approximate surface area is 212 Å². The van der Waals surface area contributed by atoms with Crippen molar-refractivity contribution in [2.75, 3.05) is 14.2 Å². The molecule has 182 valence electrons. The number of nitrogens with two attached hydrogens (primary N) is 1. The van der Waals surface area contributed by atoms with E-state index in [-0.39, 0.29) is 0 Å². The minimum absolute atomic E-state index is 0.390. The number of nitrogens with zero attached hydrogens (tertiary/aromatic N) is 1. The molecule has 0 aliphatic carbocycles. The Morgan fingerprint density at radius 3 is 2.50 bits per heavy atom. The Morgan fingerprint density at radius 2 is 1.88 bits per heavy atom. The molecular weight excluding hydrogens is 466 g/mol. The molecule has 1 unspecified atom stereocenters. The van der Waals surface area contributed by atoms with Gasteiger partial charge in [-0.15, -0.1) is 0 Å². The van der Waals surface area contributed by atoms with Gasteiger partial charge in [0.2, 0.25) is 0 Å². The molecule has 2 aromatic carbocycles. The maximum Gasteiger partial charge on any atom is 0.138 e. The zero-order valence-corrected chi connectivity index (χ0v) is 21.8. The first-order valence-electron chi connectivity index (χ1n) is 10.9. The van der Waals surface area contributed by atoms with Crippen LogP contribution in [0.15, 0.2) is 77.1 Å². The Kier molecular flexibility index (Phi) is 13.7. The molecule has 0 bridgehead atoms. The Morgan fingerprint density at radius 1 is 1.21 bits per heavy atom. The molecule has 0 saturated carbocycles. The van der Waals surface area contributed by atoms with E-state index in [1.807, 2.05) is 60.8 Å². The van der Waals surface area contributed by atoms with Crippen molar-refractivity contribution in [1.29, 1.82) is 5.41 Å². The second kappa shape index (κ2) is 15.9. The number of methoxy groups -OCH3 is 1. The third-order valence-corrected chi connectivity index (χ3v) is 6.22. The lowest BCUT2D eigenvalue weighted by molar-refractivity contribution is -0.0979. The van der Waals surface area contributed by atoms with Gasteiger partial charge in [0.15, 0.2) is 0 Å².